The van der Waals surface area contributed by atoms with Crippen LogP contribution in [0.5, 0.6) is 0 Å². The maximum absolute atomic E-state index is 12.7. The van der Waals surface area contributed by atoms with Crippen molar-refractivity contribution < 1.29 is 13.2 Å². The molecule has 3 rings (SSSR count). The van der Waals surface area contributed by atoms with Gasteiger partial charge >= 0.3 is 0 Å². The Bertz CT molecular complexity index is 794. The summed E-state index contributed by atoms with van der Waals surface area (Å²) in [5.41, 5.74) is 0.341. The summed E-state index contributed by atoms with van der Waals surface area (Å²) < 4.78 is 26.8. The molecule has 0 bridgehead atoms. The van der Waals surface area contributed by atoms with Crippen LogP contribution in [-0.2, 0) is 14.8 Å². The summed E-state index contributed by atoms with van der Waals surface area (Å²) in [6.45, 7) is 6.27. The van der Waals surface area contributed by atoms with Gasteiger partial charge in [-0.2, -0.15) is 4.31 Å². The van der Waals surface area contributed by atoms with Crippen molar-refractivity contribution in [2.45, 2.75) is 31.2 Å². The Kier molecular flexibility index (Phi) is 3.97. The van der Waals surface area contributed by atoms with E-state index < -0.39 is 15.6 Å². The largest absolute Gasteiger partial charge is 0.340 e. The lowest BCUT2D eigenvalue weighted by Crippen LogP contribution is -2.44. The molecule has 1 amide bonds. The van der Waals surface area contributed by atoms with Gasteiger partial charge in [-0.25, -0.2) is 8.42 Å². The number of sulfonamides is 1. The predicted molar refractivity (Wildman–Crippen MR) is 91.5 cm³/mol. The van der Waals surface area contributed by atoms with Crippen molar-refractivity contribution in [2.75, 3.05) is 13.1 Å². The Balaban J connectivity index is 1.65. The Morgan fingerprint density at radius 3 is 2.29 bits per heavy atom. The van der Waals surface area contributed by atoms with Crippen molar-refractivity contribution in [3.8, 4) is 12.3 Å². The fourth-order valence-electron chi connectivity index (χ4n) is 3.36. The summed E-state index contributed by atoms with van der Waals surface area (Å²) in [7, 11) is -3.48. The van der Waals surface area contributed by atoms with Gasteiger partial charge in [0.05, 0.1) is 10.4 Å². The Morgan fingerprint density at radius 2 is 1.79 bits per heavy atom. The summed E-state index contributed by atoms with van der Waals surface area (Å²) in [5, 5.41) is 2.84. The van der Waals surface area contributed by atoms with Crippen LogP contribution >= 0.6 is 0 Å². The van der Waals surface area contributed by atoms with Crippen molar-refractivity contribution in [1.29, 1.82) is 0 Å². The molecule has 5 nitrogen and oxygen atoms in total. The van der Waals surface area contributed by atoms with Crippen LogP contribution in [0.25, 0.3) is 0 Å². The van der Waals surface area contributed by atoms with Gasteiger partial charge in [-0.1, -0.05) is 23.6 Å². The number of hydrogen-bond acceptors (Lipinski definition) is 3. The fourth-order valence-corrected chi connectivity index (χ4v) is 4.87. The van der Waals surface area contributed by atoms with Gasteiger partial charge in [0.25, 0.3) is 0 Å². The van der Waals surface area contributed by atoms with E-state index in [1.165, 1.54) is 4.31 Å². The lowest BCUT2D eigenvalue weighted by atomic mass is 10.1. The average molecular weight is 346 g/mol. The molecule has 24 heavy (non-hydrogen) atoms. The maximum atomic E-state index is 12.7. The Hall–Kier alpha value is -1.84. The molecule has 1 N–H and O–H groups in total. The molecule has 1 aliphatic carbocycles. The van der Waals surface area contributed by atoms with Gasteiger partial charge in [0.15, 0.2) is 0 Å². The van der Waals surface area contributed by atoms with Gasteiger partial charge in [0.1, 0.15) is 0 Å². The zero-order valence-electron chi connectivity index (χ0n) is 14.1. The zero-order chi connectivity index (χ0) is 17.7. The third-order valence-electron chi connectivity index (χ3n) is 4.92. The molecule has 1 saturated heterocycles. The summed E-state index contributed by atoms with van der Waals surface area (Å²) in [6.07, 6.45) is 5.39. The number of nitrogens with one attached hydrogen (secondary N) is 1. The van der Waals surface area contributed by atoms with Gasteiger partial charge in [0.2, 0.25) is 15.9 Å². The van der Waals surface area contributed by atoms with Crippen molar-refractivity contribution in [2.24, 2.45) is 17.8 Å². The summed E-state index contributed by atoms with van der Waals surface area (Å²) in [6, 6.07) is 6.85. The molecular formula is C18H22N2O3S. The minimum Gasteiger partial charge on any atom is -0.340 e. The highest BCUT2D eigenvalue weighted by Crippen LogP contribution is 2.53. The molecule has 1 aromatic rings. The highest BCUT2D eigenvalue weighted by Gasteiger charge is 2.61. The van der Waals surface area contributed by atoms with E-state index in [1.54, 1.807) is 38.1 Å². The Labute approximate surface area is 143 Å². The number of aryl methyl sites for hydroxylation is 1. The van der Waals surface area contributed by atoms with Crippen LogP contribution < -0.4 is 5.32 Å². The molecule has 2 aliphatic rings. The lowest BCUT2D eigenvalue weighted by molar-refractivity contribution is -0.124. The Morgan fingerprint density at radius 1 is 1.25 bits per heavy atom. The van der Waals surface area contributed by atoms with Crippen LogP contribution in [0, 0.1) is 37.0 Å². The van der Waals surface area contributed by atoms with Crippen molar-refractivity contribution in [3.05, 3.63) is 29.8 Å². The molecular weight excluding hydrogens is 324 g/mol. The molecule has 1 heterocycles. The number of fused-ring (bicyclic) bond motifs is 1. The van der Waals surface area contributed by atoms with Gasteiger partial charge in [-0.05, 0) is 44.7 Å². The number of carbonyl (C=O) groups excluding carboxylic acids is 1. The number of terminal acetylenes is 1. The molecule has 1 aliphatic heterocycles. The number of benzene rings is 1. The minimum atomic E-state index is -3.48. The van der Waals surface area contributed by atoms with E-state index in [0.29, 0.717) is 18.0 Å². The lowest BCUT2D eigenvalue weighted by Gasteiger charge is -2.22. The maximum Gasteiger partial charge on any atom is 0.243 e. The highest BCUT2D eigenvalue weighted by atomic mass is 32.2. The standard InChI is InChI=1S/C18H22N2O3S/c1-5-18(3,4)19-17(21)16-14-10-20(11-15(14)16)24(22,23)13-8-6-12(2)7-9-13/h1,6-9,14-16H,10-11H2,2-4H3,(H,19,21). The molecule has 1 saturated carbocycles. The molecule has 2 atom stereocenters. The molecule has 2 fully saturated rings. The molecule has 2 unspecified atom stereocenters. The molecule has 6 heteroatoms. The first-order chi connectivity index (χ1) is 11.2. The van der Waals surface area contributed by atoms with Crippen LogP contribution in [0.3, 0.4) is 0 Å². The van der Waals surface area contributed by atoms with E-state index in [-0.39, 0.29) is 23.7 Å². The third-order valence-corrected chi connectivity index (χ3v) is 6.76. The fraction of sp³-hybridized carbons (Fsp3) is 0.500. The zero-order valence-corrected chi connectivity index (χ0v) is 14.9. The monoisotopic (exact) mass is 346 g/mol. The second kappa shape index (κ2) is 5.61. The predicted octanol–water partition coefficient (Wildman–Crippen LogP) is 1.39. The van der Waals surface area contributed by atoms with Crippen LogP contribution in [0.4, 0.5) is 0 Å². The highest BCUT2D eigenvalue weighted by molar-refractivity contribution is 7.89. The van der Waals surface area contributed by atoms with Crippen LogP contribution in [0.2, 0.25) is 0 Å². The van der Waals surface area contributed by atoms with Crippen molar-refractivity contribution in [1.82, 2.24) is 9.62 Å². The number of hydrogen-bond donors (Lipinski definition) is 1. The van der Waals surface area contributed by atoms with Gasteiger partial charge in [-0.3, -0.25) is 4.79 Å². The second-order valence-corrected chi connectivity index (χ2v) is 9.19. The normalized spacial score (nSPS) is 26.5. The molecule has 0 aromatic heterocycles. The van der Waals surface area contributed by atoms with Gasteiger partial charge in [0, 0.05) is 19.0 Å². The molecule has 0 spiro atoms. The van der Waals surface area contributed by atoms with Crippen molar-refractivity contribution in [3.63, 3.8) is 0 Å². The summed E-state index contributed by atoms with van der Waals surface area (Å²) >= 11 is 0. The van der Waals surface area contributed by atoms with E-state index in [2.05, 4.69) is 11.2 Å². The van der Waals surface area contributed by atoms with E-state index in [0.717, 1.165) is 5.56 Å². The topological polar surface area (TPSA) is 66.5 Å². The molecule has 0 radical (unpaired) electrons. The number of nitrogens with zero attached hydrogens (tertiary/aromatic N) is 1. The summed E-state index contributed by atoms with van der Waals surface area (Å²) in [5.74, 6) is 2.54. The smallest absolute Gasteiger partial charge is 0.243 e. The molecule has 1 aromatic carbocycles. The number of piperidine rings is 1. The van der Waals surface area contributed by atoms with Gasteiger partial charge in [-0.15, -0.1) is 6.42 Å². The van der Waals surface area contributed by atoms with E-state index >= 15 is 0 Å². The minimum absolute atomic E-state index is 0.0691. The van der Waals surface area contributed by atoms with E-state index in [1.807, 2.05) is 6.92 Å². The van der Waals surface area contributed by atoms with E-state index in [9.17, 15) is 13.2 Å². The number of amides is 1. The third kappa shape index (κ3) is 2.94. The molecule has 128 valence electrons. The number of carbonyl (C=O) groups is 1. The van der Waals surface area contributed by atoms with E-state index in [4.69, 9.17) is 6.42 Å². The first kappa shape index (κ1) is 17.0. The van der Waals surface area contributed by atoms with Crippen LogP contribution in [0.1, 0.15) is 19.4 Å². The van der Waals surface area contributed by atoms with Crippen LogP contribution in [0.15, 0.2) is 29.2 Å². The van der Waals surface area contributed by atoms with Crippen LogP contribution in [-0.4, -0.2) is 37.3 Å². The first-order valence-electron chi connectivity index (χ1n) is 8.02. The van der Waals surface area contributed by atoms with Crippen molar-refractivity contribution >= 4 is 15.9 Å². The first-order valence-corrected chi connectivity index (χ1v) is 9.46. The second-order valence-electron chi connectivity index (χ2n) is 7.25. The number of rotatable bonds is 4. The quantitative estimate of drug-likeness (QED) is 0.838. The van der Waals surface area contributed by atoms with Gasteiger partial charge < -0.3 is 5.32 Å². The summed E-state index contributed by atoms with van der Waals surface area (Å²) in [4.78, 5) is 12.6. The average Bonchev–Trinajstić information content (AvgIpc) is 3.02. The SMILES string of the molecule is C#CC(C)(C)NC(=O)C1C2CN(S(=O)(=O)c3ccc(C)cc3)CC21.